The number of aliphatic hydroxyl groups is 1. The maximum Gasteiger partial charge on any atom is 0.252 e. The van der Waals surface area contributed by atoms with Gasteiger partial charge in [-0.2, -0.15) is 0 Å². The number of carbonyl (C=O) groups excluding carboxylic acids is 2. The van der Waals surface area contributed by atoms with Crippen LogP contribution in [0.1, 0.15) is 5.56 Å². The topological polar surface area (TPSA) is 116 Å². The Kier molecular flexibility index (Phi) is 3.96. The molecule has 8 nitrogen and oxygen atoms in total. The number of carbonyl (C=O) groups is 2. The summed E-state index contributed by atoms with van der Waals surface area (Å²) in [4.78, 5) is 25.4. The van der Waals surface area contributed by atoms with Crippen LogP contribution in [0.3, 0.4) is 0 Å². The number of hydrogen-bond acceptors (Lipinski definition) is 6. The van der Waals surface area contributed by atoms with Crippen LogP contribution in [0.2, 0.25) is 0 Å². The van der Waals surface area contributed by atoms with Crippen molar-refractivity contribution < 1.29 is 23.1 Å². The first-order valence-electron chi connectivity index (χ1n) is 7.32. The third-order valence-electron chi connectivity index (χ3n) is 4.00. The molecule has 2 heterocycles. The van der Waals surface area contributed by atoms with Crippen LogP contribution in [0.15, 0.2) is 41.2 Å². The molecule has 2 aliphatic heterocycles. The smallest absolute Gasteiger partial charge is 0.252 e. The molecule has 1 aromatic carbocycles. The van der Waals surface area contributed by atoms with E-state index < -0.39 is 38.7 Å². The van der Waals surface area contributed by atoms with Crippen LogP contribution in [0.25, 0.3) is 0 Å². The van der Waals surface area contributed by atoms with Crippen LogP contribution in [0.5, 0.6) is 0 Å². The summed E-state index contributed by atoms with van der Waals surface area (Å²) in [6.07, 6.45) is 1.04. The number of nitrogens with zero attached hydrogens (tertiary/aromatic N) is 1. The van der Waals surface area contributed by atoms with Crippen molar-refractivity contribution in [3.63, 3.8) is 0 Å². The van der Waals surface area contributed by atoms with Crippen LogP contribution in [-0.2, 0) is 25.8 Å². The standard InChI is InChI=1S/C15H17N3O5S/c1-24(22,23)15-13(20)16-8-10-12(14(21)18(10)15)17-11(19)7-9-5-3-2-4-6-9/h2-6,10,12,16,20H,7-8H2,1H3,(H,17,19)/t10-,12+/m0/s1. The van der Waals surface area contributed by atoms with Crippen molar-refractivity contribution in [3.8, 4) is 0 Å². The second kappa shape index (κ2) is 5.82. The van der Waals surface area contributed by atoms with Crippen LogP contribution >= 0.6 is 0 Å². The Morgan fingerprint density at radius 2 is 2.04 bits per heavy atom. The largest absolute Gasteiger partial charge is 0.493 e. The molecule has 0 aromatic heterocycles. The van der Waals surface area contributed by atoms with Gasteiger partial charge in [0.25, 0.3) is 5.91 Å². The summed E-state index contributed by atoms with van der Waals surface area (Å²) < 4.78 is 23.5. The van der Waals surface area contributed by atoms with Crippen LogP contribution in [0.4, 0.5) is 0 Å². The predicted molar refractivity (Wildman–Crippen MR) is 85.2 cm³/mol. The van der Waals surface area contributed by atoms with E-state index in [4.69, 9.17) is 0 Å². The number of hydrogen-bond donors (Lipinski definition) is 3. The quantitative estimate of drug-likeness (QED) is 0.615. The van der Waals surface area contributed by atoms with E-state index >= 15 is 0 Å². The van der Waals surface area contributed by atoms with Crippen molar-refractivity contribution in [2.75, 3.05) is 12.8 Å². The third kappa shape index (κ3) is 2.82. The van der Waals surface area contributed by atoms with Gasteiger partial charge in [-0.3, -0.25) is 14.5 Å². The molecule has 9 heteroatoms. The third-order valence-corrected chi connectivity index (χ3v) is 5.09. The molecular formula is C15H17N3O5S. The zero-order valence-electron chi connectivity index (χ0n) is 12.9. The number of β-lactam (4-membered cyclic amide) rings is 1. The average Bonchev–Trinajstić information content (AvgIpc) is 2.52. The Morgan fingerprint density at radius 3 is 2.67 bits per heavy atom. The van der Waals surface area contributed by atoms with Gasteiger partial charge in [0.1, 0.15) is 6.04 Å². The number of amides is 2. The molecule has 2 amide bonds. The van der Waals surface area contributed by atoms with Crippen molar-refractivity contribution in [2.24, 2.45) is 0 Å². The maximum absolute atomic E-state index is 12.3. The fourth-order valence-electron chi connectivity index (χ4n) is 2.91. The lowest BCUT2D eigenvalue weighted by Crippen LogP contribution is -2.74. The lowest BCUT2D eigenvalue weighted by Gasteiger charge is -2.49. The van der Waals surface area contributed by atoms with Gasteiger partial charge < -0.3 is 15.7 Å². The van der Waals surface area contributed by atoms with Crippen LogP contribution < -0.4 is 10.6 Å². The molecule has 24 heavy (non-hydrogen) atoms. The van der Waals surface area contributed by atoms with Gasteiger partial charge in [-0.05, 0) is 5.56 Å². The first-order chi connectivity index (χ1) is 11.3. The van der Waals surface area contributed by atoms with Gasteiger partial charge in [0.2, 0.25) is 11.8 Å². The summed E-state index contributed by atoms with van der Waals surface area (Å²) >= 11 is 0. The molecule has 0 aliphatic carbocycles. The summed E-state index contributed by atoms with van der Waals surface area (Å²) in [5.41, 5.74) is 0.815. The SMILES string of the molecule is CS(=O)(=O)C1=C(O)NC[C@H]2[C@@H](NC(=O)Cc3ccccc3)C(=O)N12. The Hall–Kier alpha value is -2.55. The number of aliphatic hydroxyl groups excluding tert-OH is 1. The number of benzene rings is 1. The van der Waals surface area contributed by atoms with Crippen molar-refractivity contribution in [1.82, 2.24) is 15.5 Å². The Bertz CT molecular complexity index is 819. The molecule has 0 bridgehead atoms. The Balaban J connectivity index is 1.71. The van der Waals surface area contributed by atoms with Crippen LogP contribution in [-0.4, -0.2) is 55.1 Å². The molecule has 128 valence electrons. The maximum atomic E-state index is 12.3. The summed E-state index contributed by atoms with van der Waals surface area (Å²) in [5, 5.41) is 14.5. The summed E-state index contributed by atoms with van der Waals surface area (Å²) in [6, 6.07) is 7.73. The van der Waals surface area contributed by atoms with Crippen molar-refractivity contribution in [2.45, 2.75) is 18.5 Å². The highest BCUT2D eigenvalue weighted by Crippen LogP contribution is 2.31. The minimum absolute atomic E-state index is 0.130. The summed E-state index contributed by atoms with van der Waals surface area (Å²) in [5.74, 6) is -1.41. The van der Waals surface area contributed by atoms with E-state index in [1.807, 2.05) is 18.2 Å². The molecule has 1 fully saturated rings. The number of sulfone groups is 1. The highest BCUT2D eigenvalue weighted by atomic mass is 32.2. The van der Waals surface area contributed by atoms with E-state index in [-0.39, 0.29) is 18.9 Å². The van der Waals surface area contributed by atoms with Gasteiger partial charge in [0.15, 0.2) is 14.9 Å². The van der Waals surface area contributed by atoms with Gasteiger partial charge >= 0.3 is 0 Å². The van der Waals surface area contributed by atoms with E-state index in [2.05, 4.69) is 10.6 Å². The van der Waals surface area contributed by atoms with E-state index in [1.54, 1.807) is 12.1 Å². The van der Waals surface area contributed by atoms with Crippen LogP contribution in [0, 0.1) is 0 Å². The van der Waals surface area contributed by atoms with Crippen molar-refractivity contribution >= 4 is 21.7 Å². The van der Waals surface area contributed by atoms with E-state index in [0.717, 1.165) is 16.7 Å². The Morgan fingerprint density at radius 1 is 1.38 bits per heavy atom. The van der Waals surface area contributed by atoms with E-state index in [1.165, 1.54) is 0 Å². The highest BCUT2D eigenvalue weighted by Gasteiger charge is 2.54. The molecule has 0 saturated carbocycles. The second-order valence-electron chi connectivity index (χ2n) is 5.79. The molecule has 0 radical (unpaired) electrons. The Labute approximate surface area is 139 Å². The molecule has 0 spiro atoms. The first-order valence-corrected chi connectivity index (χ1v) is 9.21. The lowest BCUT2D eigenvalue weighted by atomic mass is 9.93. The number of nitrogens with one attached hydrogen (secondary N) is 2. The van der Waals surface area contributed by atoms with Crippen molar-refractivity contribution in [3.05, 3.63) is 46.8 Å². The van der Waals surface area contributed by atoms with Gasteiger partial charge in [-0.1, -0.05) is 30.3 Å². The molecule has 1 saturated heterocycles. The lowest BCUT2D eigenvalue weighted by molar-refractivity contribution is -0.150. The zero-order valence-corrected chi connectivity index (χ0v) is 13.7. The summed E-state index contributed by atoms with van der Waals surface area (Å²) in [7, 11) is -3.78. The van der Waals surface area contributed by atoms with Gasteiger partial charge in [-0.25, -0.2) is 8.42 Å². The molecule has 1 aromatic rings. The molecule has 3 N–H and O–H groups in total. The predicted octanol–water partition coefficient (Wildman–Crippen LogP) is -0.743. The van der Waals surface area contributed by atoms with Gasteiger partial charge in [-0.15, -0.1) is 0 Å². The average molecular weight is 351 g/mol. The van der Waals surface area contributed by atoms with Gasteiger partial charge in [0.05, 0.1) is 12.5 Å². The molecular weight excluding hydrogens is 334 g/mol. The van der Waals surface area contributed by atoms with E-state index in [9.17, 15) is 23.1 Å². The highest BCUT2D eigenvalue weighted by molar-refractivity contribution is 7.94. The zero-order chi connectivity index (χ0) is 17.5. The normalized spacial score (nSPS) is 23.2. The second-order valence-corrected chi connectivity index (χ2v) is 7.72. The fourth-order valence-corrected chi connectivity index (χ4v) is 3.92. The minimum Gasteiger partial charge on any atom is -0.493 e. The molecule has 0 unspecified atom stereocenters. The molecule has 2 aliphatic rings. The summed E-state index contributed by atoms with van der Waals surface area (Å²) in [6.45, 7) is 0.160. The van der Waals surface area contributed by atoms with E-state index in [0.29, 0.717) is 0 Å². The van der Waals surface area contributed by atoms with Gasteiger partial charge in [0, 0.05) is 12.8 Å². The number of fused-ring (bicyclic) bond motifs is 1. The molecule has 2 atom stereocenters. The monoisotopic (exact) mass is 351 g/mol. The number of rotatable bonds is 4. The molecule has 3 rings (SSSR count). The fraction of sp³-hybridized carbons (Fsp3) is 0.333. The minimum atomic E-state index is -3.78. The van der Waals surface area contributed by atoms with Crippen molar-refractivity contribution in [1.29, 1.82) is 0 Å². The first kappa shape index (κ1) is 16.3.